The fraction of sp³-hybridized carbons (Fsp3) is 0.125. The Balaban J connectivity index is 2.35. The Labute approximate surface area is 140 Å². The van der Waals surface area contributed by atoms with E-state index in [1.165, 1.54) is 43.5 Å². The normalized spacial score (nSPS) is 11.0. The number of methoxy groups -OCH3 is 1. The Bertz CT molecular complexity index is 773. The molecule has 0 aliphatic carbocycles. The number of rotatable bonds is 4. The Morgan fingerprint density at radius 3 is 2.25 bits per heavy atom. The van der Waals surface area contributed by atoms with Gasteiger partial charge < -0.3 is 10.1 Å². The van der Waals surface area contributed by atoms with E-state index in [0.717, 1.165) is 6.07 Å². The van der Waals surface area contributed by atoms with E-state index >= 15 is 0 Å². The van der Waals surface area contributed by atoms with E-state index < -0.39 is 23.4 Å². The van der Waals surface area contributed by atoms with Crippen molar-refractivity contribution in [3.63, 3.8) is 0 Å². The first-order chi connectivity index (χ1) is 11.2. The Hall–Kier alpha value is -2.54. The van der Waals surface area contributed by atoms with Gasteiger partial charge in [-0.25, -0.2) is 0 Å². The van der Waals surface area contributed by atoms with Gasteiger partial charge in [0.25, 0.3) is 11.7 Å². The first-order valence-electron chi connectivity index (χ1n) is 6.59. The van der Waals surface area contributed by atoms with E-state index in [1.54, 1.807) is 0 Å². The average molecular weight is 358 g/mol. The quantitative estimate of drug-likeness (QED) is 0.828. The van der Waals surface area contributed by atoms with Crippen molar-refractivity contribution in [3.8, 4) is 5.75 Å². The van der Waals surface area contributed by atoms with Crippen LogP contribution in [0.2, 0.25) is 5.02 Å². The summed E-state index contributed by atoms with van der Waals surface area (Å²) in [5.74, 6) is -2.28. The Morgan fingerprint density at radius 1 is 1.08 bits per heavy atom. The van der Waals surface area contributed by atoms with Crippen molar-refractivity contribution in [1.82, 2.24) is 0 Å². The zero-order valence-corrected chi connectivity index (χ0v) is 13.0. The number of carbonyl (C=O) groups excluding carboxylic acids is 2. The zero-order valence-electron chi connectivity index (χ0n) is 12.3. The van der Waals surface area contributed by atoms with Crippen molar-refractivity contribution in [2.75, 3.05) is 12.4 Å². The number of amides is 1. The third-order valence-electron chi connectivity index (χ3n) is 3.11. The monoisotopic (exact) mass is 357 g/mol. The molecule has 0 heterocycles. The van der Waals surface area contributed by atoms with Gasteiger partial charge in [0.2, 0.25) is 0 Å². The lowest BCUT2D eigenvalue weighted by Crippen LogP contribution is -2.25. The van der Waals surface area contributed by atoms with Gasteiger partial charge in [-0.05, 0) is 36.4 Å². The number of para-hydroxylation sites is 1. The van der Waals surface area contributed by atoms with E-state index in [4.69, 9.17) is 16.3 Å². The van der Waals surface area contributed by atoms with Crippen LogP contribution in [-0.4, -0.2) is 25.0 Å². The molecule has 126 valence electrons. The first kappa shape index (κ1) is 17.8. The SMILES string of the molecule is COc1ccc(C(=O)Nc2c(Cl)cccc2C(=O)C(F)(F)F)cc1. The van der Waals surface area contributed by atoms with Gasteiger partial charge in [-0.15, -0.1) is 0 Å². The summed E-state index contributed by atoms with van der Waals surface area (Å²) >= 11 is 5.85. The molecule has 0 atom stereocenters. The van der Waals surface area contributed by atoms with Gasteiger partial charge in [-0.1, -0.05) is 17.7 Å². The Morgan fingerprint density at radius 2 is 1.71 bits per heavy atom. The molecule has 0 saturated carbocycles. The van der Waals surface area contributed by atoms with Gasteiger partial charge in [0.15, 0.2) is 0 Å². The van der Waals surface area contributed by atoms with Gasteiger partial charge in [-0.2, -0.15) is 13.2 Å². The maximum atomic E-state index is 12.7. The minimum absolute atomic E-state index is 0.168. The largest absolute Gasteiger partial charge is 0.497 e. The maximum absolute atomic E-state index is 12.7. The number of hydrogen-bond donors (Lipinski definition) is 1. The van der Waals surface area contributed by atoms with Gasteiger partial charge in [-0.3, -0.25) is 9.59 Å². The van der Waals surface area contributed by atoms with Crippen LogP contribution in [0.5, 0.6) is 5.75 Å². The van der Waals surface area contributed by atoms with E-state index in [2.05, 4.69) is 5.32 Å². The molecule has 4 nitrogen and oxygen atoms in total. The van der Waals surface area contributed by atoms with Crippen LogP contribution < -0.4 is 10.1 Å². The summed E-state index contributed by atoms with van der Waals surface area (Å²) in [6.45, 7) is 0. The van der Waals surface area contributed by atoms with Gasteiger partial charge >= 0.3 is 6.18 Å². The number of alkyl halides is 3. The summed E-state index contributed by atoms with van der Waals surface area (Å²) in [4.78, 5) is 23.7. The molecule has 0 fully saturated rings. The topological polar surface area (TPSA) is 55.4 Å². The lowest BCUT2D eigenvalue weighted by Gasteiger charge is -2.13. The summed E-state index contributed by atoms with van der Waals surface area (Å²) in [5, 5.41) is 2.08. The second-order valence-electron chi connectivity index (χ2n) is 4.67. The molecule has 1 amide bonds. The fourth-order valence-electron chi connectivity index (χ4n) is 1.92. The number of ketones is 1. The summed E-state index contributed by atoms with van der Waals surface area (Å²) in [6, 6.07) is 9.31. The van der Waals surface area contributed by atoms with Crippen LogP contribution in [0.1, 0.15) is 20.7 Å². The molecule has 0 saturated heterocycles. The molecule has 1 N–H and O–H groups in total. The molecule has 2 rings (SSSR count). The standard InChI is InChI=1S/C16H11ClF3NO3/c1-24-10-7-5-9(6-8-10)15(23)21-13-11(3-2-4-12(13)17)14(22)16(18,19)20/h2-8H,1H3,(H,21,23). The third kappa shape index (κ3) is 3.86. The molecule has 2 aromatic rings. The average Bonchev–Trinajstić information content (AvgIpc) is 2.55. The first-order valence-corrected chi connectivity index (χ1v) is 6.97. The van der Waals surface area contributed by atoms with Gasteiger partial charge in [0.1, 0.15) is 5.75 Å². The maximum Gasteiger partial charge on any atom is 0.454 e. The summed E-state index contributed by atoms with van der Waals surface area (Å²) in [5.41, 5.74) is -0.944. The highest BCUT2D eigenvalue weighted by Gasteiger charge is 2.41. The van der Waals surface area contributed by atoms with Gasteiger partial charge in [0.05, 0.1) is 23.4 Å². The highest BCUT2D eigenvalue weighted by atomic mass is 35.5. The number of carbonyl (C=O) groups is 2. The van der Waals surface area contributed by atoms with Crippen molar-refractivity contribution >= 4 is 29.0 Å². The van der Waals surface area contributed by atoms with E-state index in [9.17, 15) is 22.8 Å². The summed E-state index contributed by atoms with van der Waals surface area (Å²) in [7, 11) is 1.45. The summed E-state index contributed by atoms with van der Waals surface area (Å²) < 4.78 is 43.0. The van der Waals surface area contributed by atoms with Crippen LogP contribution in [0.25, 0.3) is 0 Å². The number of Topliss-reactive ketones (excluding diaryl/α,β-unsaturated/α-hetero) is 1. The number of ether oxygens (including phenoxy) is 1. The molecule has 0 aliphatic rings. The number of anilines is 1. The molecule has 0 bridgehead atoms. The van der Waals surface area contributed by atoms with Crippen molar-refractivity contribution < 1.29 is 27.5 Å². The van der Waals surface area contributed by atoms with Crippen LogP contribution in [0.4, 0.5) is 18.9 Å². The second-order valence-corrected chi connectivity index (χ2v) is 5.08. The number of benzene rings is 2. The highest BCUT2D eigenvalue weighted by Crippen LogP contribution is 2.31. The van der Waals surface area contributed by atoms with Crippen molar-refractivity contribution in [3.05, 3.63) is 58.6 Å². The van der Waals surface area contributed by atoms with E-state index in [0.29, 0.717) is 5.75 Å². The zero-order chi connectivity index (χ0) is 17.9. The molecule has 0 spiro atoms. The Kier molecular flexibility index (Phi) is 5.14. The predicted octanol–water partition coefficient (Wildman–Crippen LogP) is 4.35. The molecule has 0 aromatic heterocycles. The molecule has 0 radical (unpaired) electrons. The minimum Gasteiger partial charge on any atom is -0.497 e. The van der Waals surface area contributed by atoms with Gasteiger partial charge in [0, 0.05) is 5.56 Å². The van der Waals surface area contributed by atoms with Crippen molar-refractivity contribution in [1.29, 1.82) is 0 Å². The molecular formula is C16H11ClF3NO3. The highest BCUT2D eigenvalue weighted by molar-refractivity contribution is 6.35. The van der Waals surface area contributed by atoms with E-state index in [-0.39, 0.29) is 16.3 Å². The third-order valence-corrected chi connectivity index (χ3v) is 3.42. The summed E-state index contributed by atoms with van der Waals surface area (Å²) in [6.07, 6.45) is -5.08. The lowest BCUT2D eigenvalue weighted by molar-refractivity contribution is -0.0884. The van der Waals surface area contributed by atoms with Crippen LogP contribution >= 0.6 is 11.6 Å². The molecule has 24 heavy (non-hydrogen) atoms. The molecule has 0 aliphatic heterocycles. The van der Waals surface area contributed by atoms with Crippen LogP contribution in [0.15, 0.2) is 42.5 Å². The number of halogens is 4. The number of nitrogens with one attached hydrogen (secondary N) is 1. The minimum atomic E-state index is -5.08. The van der Waals surface area contributed by atoms with Crippen molar-refractivity contribution in [2.45, 2.75) is 6.18 Å². The predicted molar refractivity (Wildman–Crippen MR) is 82.8 cm³/mol. The molecule has 2 aromatic carbocycles. The van der Waals surface area contributed by atoms with Crippen LogP contribution in [-0.2, 0) is 0 Å². The molecule has 8 heteroatoms. The lowest BCUT2D eigenvalue weighted by atomic mass is 10.1. The van der Waals surface area contributed by atoms with Crippen LogP contribution in [0.3, 0.4) is 0 Å². The van der Waals surface area contributed by atoms with Crippen molar-refractivity contribution in [2.24, 2.45) is 0 Å². The molecular weight excluding hydrogens is 347 g/mol. The second kappa shape index (κ2) is 6.92. The van der Waals surface area contributed by atoms with E-state index in [1.807, 2.05) is 0 Å². The smallest absolute Gasteiger partial charge is 0.454 e. The molecule has 0 unspecified atom stereocenters. The van der Waals surface area contributed by atoms with Crippen LogP contribution in [0, 0.1) is 0 Å². The number of hydrogen-bond acceptors (Lipinski definition) is 3. The fourth-order valence-corrected chi connectivity index (χ4v) is 2.14.